The van der Waals surface area contributed by atoms with Crippen molar-refractivity contribution in [3.8, 4) is 6.01 Å². The van der Waals surface area contributed by atoms with Crippen molar-refractivity contribution in [3.63, 3.8) is 0 Å². The van der Waals surface area contributed by atoms with Crippen molar-refractivity contribution < 1.29 is 13.9 Å². The number of hydrogen-bond acceptors (Lipinski definition) is 10. The molecule has 2 N–H and O–H groups in total. The van der Waals surface area contributed by atoms with Gasteiger partial charge in [-0.2, -0.15) is 20.3 Å². The zero-order valence-corrected chi connectivity index (χ0v) is 21.6. The highest BCUT2D eigenvalue weighted by Gasteiger charge is 2.17. The summed E-state index contributed by atoms with van der Waals surface area (Å²) in [6, 6.07) is 10.9. The fourth-order valence-corrected chi connectivity index (χ4v) is 4.36. The van der Waals surface area contributed by atoms with Crippen LogP contribution in [0, 0.1) is 5.82 Å². The Morgan fingerprint density at radius 1 is 1.18 bits per heavy atom. The molecule has 0 atom stereocenters. The van der Waals surface area contributed by atoms with Crippen LogP contribution in [0.5, 0.6) is 6.01 Å². The standard InChI is InChI=1S/C18H18N6O2.C9H10FN3/c25-11-13-3-4-16(24-8-6-19-7-9-24)15-10-20-18(22-17(13)15)26-12-14-2-1-5-21-23-14;1-11-7-3-6-5-13(2)12-9(6)8(10)4-7/h1-5,10-11,19H,6-9,12H2;3-5,11H,1-2H3. The molecule has 5 aromatic rings. The third-order valence-electron chi connectivity index (χ3n) is 6.26. The van der Waals surface area contributed by atoms with E-state index in [-0.39, 0.29) is 18.4 Å². The lowest BCUT2D eigenvalue weighted by molar-refractivity contribution is 0.112. The summed E-state index contributed by atoms with van der Waals surface area (Å²) < 4.78 is 20.6. The molecular formula is C27H28FN9O2. The van der Waals surface area contributed by atoms with Crippen LogP contribution >= 0.6 is 0 Å². The molecule has 6 rings (SSSR count). The number of aromatic nitrogens is 6. The first-order valence-electron chi connectivity index (χ1n) is 12.5. The van der Waals surface area contributed by atoms with E-state index in [1.54, 1.807) is 49.5 Å². The minimum atomic E-state index is -0.289. The number of aldehydes is 1. The van der Waals surface area contributed by atoms with Gasteiger partial charge in [-0.15, -0.1) is 0 Å². The lowest BCUT2D eigenvalue weighted by Crippen LogP contribution is -2.43. The molecule has 200 valence electrons. The predicted molar refractivity (Wildman–Crippen MR) is 147 cm³/mol. The van der Waals surface area contributed by atoms with E-state index in [2.05, 4.69) is 40.8 Å². The molecule has 2 aromatic carbocycles. The molecule has 4 heterocycles. The second-order valence-electron chi connectivity index (χ2n) is 8.90. The SMILES string of the molecule is CNc1cc(F)c2nn(C)cc2c1.O=Cc1ccc(N2CCNCC2)c2cnc(OCc3cccnn3)nc12. The number of fused-ring (bicyclic) bond motifs is 2. The van der Waals surface area contributed by atoms with Gasteiger partial charge in [0.1, 0.15) is 17.8 Å². The number of halogens is 1. The van der Waals surface area contributed by atoms with Crippen LogP contribution in [0.15, 0.2) is 55.0 Å². The number of aryl methyl sites for hydroxylation is 1. The van der Waals surface area contributed by atoms with Crippen molar-refractivity contribution in [1.82, 2.24) is 35.3 Å². The van der Waals surface area contributed by atoms with Crippen LogP contribution in [0.2, 0.25) is 0 Å². The van der Waals surface area contributed by atoms with Gasteiger partial charge in [-0.05, 0) is 36.4 Å². The zero-order chi connectivity index (χ0) is 27.2. The number of rotatable bonds is 6. The number of hydrogen-bond donors (Lipinski definition) is 2. The Morgan fingerprint density at radius 3 is 2.77 bits per heavy atom. The maximum Gasteiger partial charge on any atom is 0.317 e. The van der Waals surface area contributed by atoms with E-state index in [9.17, 15) is 9.18 Å². The molecule has 39 heavy (non-hydrogen) atoms. The predicted octanol–water partition coefficient (Wildman–Crippen LogP) is 2.98. The summed E-state index contributed by atoms with van der Waals surface area (Å²) >= 11 is 0. The molecule has 0 bridgehead atoms. The molecule has 0 radical (unpaired) electrons. The first kappa shape index (κ1) is 25.9. The molecule has 0 saturated carbocycles. The van der Waals surface area contributed by atoms with Crippen molar-refractivity contribution in [1.29, 1.82) is 0 Å². The Bertz CT molecular complexity index is 1590. The van der Waals surface area contributed by atoms with E-state index in [0.29, 0.717) is 22.3 Å². The minimum Gasteiger partial charge on any atom is -0.457 e. The molecule has 11 nitrogen and oxygen atoms in total. The van der Waals surface area contributed by atoms with Gasteiger partial charge in [-0.3, -0.25) is 9.48 Å². The number of anilines is 2. The third-order valence-corrected chi connectivity index (χ3v) is 6.26. The summed E-state index contributed by atoms with van der Waals surface area (Å²) in [5.41, 5.74) is 4.01. The first-order valence-corrected chi connectivity index (χ1v) is 12.5. The van der Waals surface area contributed by atoms with Gasteiger partial charge in [0.05, 0.1) is 5.52 Å². The topological polar surface area (TPSA) is 123 Å². The fourth-order valence-electron chi connectivity index (χ4n) is 4.36. The van der Waals surface area contributed by atoms with Gasteiger partial charge in [0.2, 0.25) is 0 Å². The van der Waals surface area contributed by atoms with Gasteiger partial charge in [0.15, 0.2) is 12.1 Å². The summed E-state index contributed by atoms with van der Waals surface area (Å²) in [5, 5.41) is 19.7. The van der Waals surface area contributed by atoms with Crippen molar-refractivity contribution in [2.45, 2.75) is 6.61 Å². The van der Waals surface area contributed by atoms with Crippen molar-refractivity contribution in [2.24, 2.45) is 7.05 Å². The fraction of sp³-hybridized carbons (Fsp3) is 0.259. The normalized spacial score (nSPS) is 13.2. The summed E-state index contributed by atoms with van der Waals surface area (Å²) in [4.78, 5) is 22.5. The third kappa shape index (κ3) is 5.91. The summed E-state index contributed by atoms with van der Waals surface area (Å²) in [5.74, 6) is -0.289. The number of piperazine rings is 1. The van der Waals surface area contributed by atoms with Gasteiger partial charge in [0.25, 0.3) is 0 Å². The van der Waals surface area contributed by atoms with Gasteiger partial charge < -0.3 is 20.3 Å². The number of nitrogens with zero attached hydrogens (tertiary/aromatic N) is 7. The Hall–Kier alpha value is -4.71. The molecule has 1 aliphatic rings. The monoisotopic (exact) mass is 529 g/mol. The van der Waals surface area contributed by atoms with Gasteiger partial charge in [0, 0.05) is 86.6 Å². The highest BCUT2D eigenvalue weighted by Crippen LogP contribution is 2.29. The Balaban J connectivity index is 0.000000198. The molecule has 0 amide bonds. The van der Waals surface area contributed by atoms with Gasteiger partial charge in [-0.1, -0.05) is 0 Å². The van der Waals surface area contributed by atoms with Crippen LogP contribution in [0.4, 0.5) is 15.8 Å². The Labute approximate surface area is 224 Å². The maximum absolute atomic E-state index is 13.3. The highest BCUT2D eigenvalue weighted by atomic mass is 19.1. The van der Waals surface area contributed by atoms with Crippen molar-refractivity contribution >= 4 is 39.5 Å². The highest BCUT2D eigenvalue weighted by molar-refractivity contribution is 6.01. The van der Waals surface area contributed by atoms with E-state index in [0.717, 1.165) is 54.6 Å². The molecule has 3 aromatic heterocycles. The second-order valence-corrected chi connectivity index (χ2v) is 8.90. The molecular weight excluding hydrogens is 501 g/mol. The Morgan fingerprint density at radius 2 is 2.03 bits per heavy atom. The van der Waals surface area contributed by atoms with Crippen molar-refractivity contribution in [3.05, 3.63) is 72.1 Å². The van der Waals surface area contributed by atoms with Gasteiger partial charge >= 0.3 is 6.01 Å². The molecule has 0 spiro atoms. The van der Waals surface area contributed by atoms with Crippen LogP contribution in [0.3, 0.4) is 0 Å². The van der Waals surface area contributed by atoms with Crippen molar-refractivity contribution in [2.75, 3.05) is 43.4 Å². The molecule has 1 saturated heterocycles. The van der Waals surface area contributed by atoms with Crippen LogP contribution in [-0.4, -0.2) is 69.5 Å². The molecule has 0 aliphatic carbocycles. The van der Waals surface area contributed by atoms with Crippen LogP contribution < -0.4 is 20.3 Å². The number of carbonyl (C=O) groups is 1. The number of nitrogens with one attached hydrogen (secondary N) is 2. The largest absolute Gasteiger partial charge is 0.457 e. The van der Waals surface area contributed by atoms with E-state index < -0.39 is 0 Å². The number of benzene rings is 2. The molecule has 1 aliphatic heterocycles. The average molecular weight is 530 g/mol. The number of ether oxygens (including phenoxy) is 1. The lowest BCUT2D eigenvalue weighted by Gasteiger charge is -2.30. The number of carbonyl (C=O) groups excluding carboxylic acids is 1. The van der Waals surface area contributed by atoms with Crippen LogP contribution in [-0.2, 0) is 13.7 Å². The zero-order valence-electron chi connectivity index (χ0n) is 21.6. The van der Waals surface area contributed by atoms with E-state index in [4.69, 9.17) is 4.74 Å². The summed E-state index contributed by atoms with van der Waals surface area (Å²) in [6.45, 7) is 3.88. The maximum atomic E-state index is 13.3. The van der Waals surface area contributed by atoms with Gasteiger partial charge in [-0.25, -0.2) is 9.37 Å². The molecule has 12 heteroatoms. The van der Waals surface area contributed by atoms with E-state index in [1.807, 2.05) is 18.2 Å². The van der Waals surface area contributed by atoms with E-state index in [1.165, 1.54) is 6.07 Å². The summed E-state index contributed by atoms with van der Waals surface area (Å²) in [7, 11) is 3.54. The average Bonchev–Trinajstić information content (AvgIpc) is 3.37. The second kappa shape index (κ2) is 11.8. The molecule has 1 fully saturated rings. The van der Waals surface area contributed by atoms with E-state index >= 15 is 0 Å². The Kier molecular flexibility index (Phi) is 7.83. The first-order chi connectivity index (χ1) is 19.1. The minimum absolute atomic E-state index is 0.212. The summed E-state index contributed by atoms with van der Waals surface area (Å²) in [6.07, 6.45) is 5.92. The lowest BCUT2D eigenvalue weighted by atomic mass is 10.1. The smallest absolute Gasteiger partial charge is 0.317 e. The quantitative estimate of drug-likeness (QED) is 0.317. The van der Waals surface area contributed by atoms with Crippen LogP contribution in [0.1, 0.15) is 16.1 Å². The van der Waals surface area contributed by atoms with Crippen LogP contribution in [0.25, 0.3) is 21.8 Å². The molecule has 0 unspecified atom stereocenters.